The van der Waals surface area contributed by atoms with Crippen molar-refractivity contribution in [3.8, 4) is 5.75 Å². The monoisotopic (exact) mass is 240 g/mol. The van der Waals surface area contributed by atoms with Gasteiger partial charge in [0, 0.05) is 0 Å². The molecule has 1 atom stereocenters. The van der Waals surface area contributed by atoms with E-state index in [0.29, 0.717) is 12.2 Å². The third kappa shape index (κ3) is 3.19. The number of aliphatic hydroxyl groups is 1. The Morgan fingerprint density at radius 1 is 1.18 bits per heavy atom. The molecule has 0 fully saturated rings. The maximum atomic E-state index is 12.8. The summed E-state index contributed by atoms with van der Waals surface area (Å²) in [6.45, 7) is 5.91. The minimum absolute atomic E-state index is 0.285. The van der Waals surface area contributed by atoms with Crippen LogP contribution in [-0.2, 0) is 0 Å². The van der Waals surface area contributed by atoms with Gasteiger partial charge in [0.2, 0.25) is 0 Å². The molecule has 0 heterocycles. The fourth-order valence-corrected chi connectivity index (χ4v) is 2.04. The Labute approximate surface area is 102 Å². The highest BCUT2D eigenvalue weighted by molar-refractivity contribution is 5.23. The molecule has 0 amide bonds. The largest absolute Gasteiger partial charge is 0.485 e. The summed E-state index contributed by atoms with van der Waals surface area (Å²) in [6, 6.07) is 5.92. The lowest BCUT2D eigenvalue weighted by Gasteiger charge is -2.36. The van der Waals surface area contributed by atoms with E-state index in [-0.39, 0.29) is 5.82 Å². The van der Waals surface area contributed by atoms with Crippen LogP contribution in [0.4, 0.5) is 4.39 Å². The maximum Gasteiger partial charge on any atom is 0.134 e. The van der Waals surface area contributed by atoms with Crippen molar-refractivity contribution in [3.63, 3.8) is 0 Å². The molecule has 17 heavy (non-hydrogen) atoms. The third-order valence-electron chi connectivity index (χ3n) is 3.33. The summed E-state index contributed by atoms with van der Waals surface area (Å²) in [6.07, 6.45) is 1.57. The van der Waals surface area contributed by atoms with Gasteiger partial charge in [-0.3, -0.25) is 0 Å². The molecular formula is C14H21FO2. The normalized spacial score (nSPS) is 13.5. The minimum atomic E-state index is -0.577. The first-order valence-electron chi connectivity index (χ1n) is 6.20. The molecule has 0 saturated heterocycles. The first-order chi connectivity index (χ1) is 8.07. The second-order valence-electron chi connectivity index (χ2n) is 4.25. The summed E-state index contributed by atoms with van der Waals surface area (Å²) in [4.78, 5) is 0. The van der Waals surface area contributed by atoms with Crippen molar-refractivity contribution in [1.29, 1.82) is 0 Å². The van der Waals surface area contributed by atoms with E-state index in [2.05, 4.69) is 0 Å². The predicted octanol–water partition coefficient (Wildman–Crippen LogP) is 3.53. The van der Waals surface area contributed by atoms with Crippen molar-refractivity contribution < 1.29 is 14.2 Å². The van der Waals surface area contributed by atoms with Crippen LogP contribution in [0.3, 0.4) is 0 Å². The first-order valence-corrected chi connectivity index (χ1v) is 6.20. The Morgan fingerprint density at radius 2 is 1.71 bits per heavy atom. The van der Waals surface area contributed by atoms with Gasteiger partial charge >= 0.3 is 0 Å². The zero-order valence-electron chi connectivity index (χ0n) is 10.7. The number of hydrogen-bond donors (Lipinski definition) is 1. The smallest absolute Gasteiger partial charge is 0.134 e. The van der Waals surface area contributed by atoms with Gasteiger partial charge in [0.1, 0.15) is 17.2 Å². The molecule has 96 valence electrons. The van der Waals surface area contributed by atoms with Crippen molar-refractivity contribution in [2.75, 3.05) is 0 Å². The molecule has 1 aromatic rings. The van der Waals surface area contributed by atoms with Gasteiger partial charge in [0.15, 0.2) is 0 Å². The van der Waals surface area contributed by atoms with Crippen LogP contribution in [0.1, 0.15) is 40.0 Å². The molecule has 0 radical (unpaired) electrons. The van der Waals surface area contributed by atoms with Crippen molar-refractivity contribution in [3.05, 3.63) is 30.1 Å². The van der Waals surface area contributed by atoms with Gasteiger partial charge in [-0.05, 0) is 43.5 Å². The molecule has 1 N–H and O–H groups in total. The number of benzene rings is 1. The quantitative estimate of drug-likeness (QED) is 0.824. The van der Waals surface area contributed by atoms with Gasteiger partial charge < -0.3 is 9.84 Å². The van der Waals surface area contributed by atoms with E-state index in [0.717, 1.165) is 12.8 Å². The molecule has 0 bridgehead atoms. The highest BCUT2D eigenvalue weighted by Gasteiger charge is 2.35. The standard InChI is InChI=1S/C14H21FO2/c1-4-13(16)14(5-2,6-3)17-12-9-7-11(15)8-10-12/h7-10,13,16H,4-6H2,1-3H3. The van der Waals surface area contributed by atoms with Gasteiger partial charge in [-0.25, -0.2) is 4.39 Å². The molecule has 3 heteroatoms. The van der Waals surface area contributed by atoms with Gasteiger partial charge in [0.25, 0.3) is 0 Å². The SMILES string of the molecule is CCC(O)C(CC)(CC)Oc1ccc(F)cc1. The van der Waals surface area contributed by atoms with E-state index in [4.69, 9.17) is 4.74 Å². The van der Waals surface area contributed by atoms with Crippen molar-refractivity contribution in [2.45, 2.75) is 51.7 Å². The van der Waals surface area contributed by atoms with Crippen LogP contribution >= 0.6 is 0 Å². The molecule has 0 aliphatic rings. The number of aliphatic hydroxyl groups excluding tert-OH is 1. The fraction of sp³-hybridized carbons (Fsp3) is 0.571. The van der Waals surface area contributed by atoms with Crippen LogP contribution in [0.2, 0.25) is 0 Å². The molecule has 0 spiro atoms. The van der Waals surface area contributed by atoms with Crippen LogP contribution in [0, 0.1) is 5.82 Å². The molecule has 2 nitrogen and oxygen atoms in total. The van der Waals surface area contributed by atoms with Gasteiger partial charge in [-0.1, -0.05) is 20.8 Å². The third-order valence-corrected chi connectivity index (χ3v) is 3.33. The summed E-state index contributed by atoms with van der Waals surface area (Å²) in [5.74, 6) is 0.314. The number of ether oxygens (including phenoxy) is 1. The summed E-state index contributed by atoms with van der Waals surface area (Å²) in [7, 11) is 0. The maximum absolute atomic E-state index is 12.8. The molecule has 0 aromatic heterocycles. The number of halogens is 1. The molecule has 1 aromatic carbocycles. The van der Waals surface area contributed by atoms with Gasteiger partial charge in [0.05, 0.1) is 6.10 Å². The first kappa shape index (κ1) is 14.0. The van der Waals surface area contributed by atoms with Crippen LogP contribution in [-0.4, -0.2) is 16.8 Å². The highest BCUT2D eigenvalue weighted by atomic mass is 19.1. The van der Waals surface area contributed by atoms with Crippen LogP contribution in [0.15, 0.2) is 24.3 Å². The van der Waals surface area contributed by atoms with Crippen LogP contribution < -0.4 is 4.74 Å². The summed E-state index contributed by atoms with van der Waals surface area (Å²) in [5, 5.41) is 10.1. The van der Waals surface area contributed by atoms with Crippen molar-refractivity contribution in [2.24, 2.45) is 0 Å². The average molecular weight is 240 g/mol. The Kier molecular flexibility index (Phi) is 4.94. The lowest BCUT2D eigenvalue weighted by Crippen LogP contribution is -2.46. The number of rotatable bonds is 6. The van der Waals surface area contributed by atoms with E-state index in [1.807, 2.05) is 20.8 Å². The molecule has 1 rings (SSSR count). The van der Waals surface area contributed by atoms with Gasteiger partial charge in [-0.15, -0.1) is 0 Å². The lowest BCUT2D eigenvalue weighted by atomic mass is 9.88. The van der Waals surface area contributed by atoms with Crippen molar-refractivity contribution >= 4 is 0 Å². The van der Waals surface area contributed by atoms with E-state index < -0.39 is 11.7 Å². The van der Waals surface area contributed by atoms with E-state index in [9.17, 15) is 9.50 Å². The topological polar surface area (TPSA) is 29.5 Å². The summed E-state index contributed by atoms with van der Waals surface area (Å²) >= 11 is 0. The number of hydrogen-bond acceptors (Lipinski definition) is 2. The summed E-state index contributed by atoms with van der Waals surface area (Å²) in [5.41, 5.74) is -0.577. The average Bonchev–Trinajstić information content (AvgIpc) is 2.37. The minimum Gasteiger partial charge on any atom is -0.485 e. The molecule has 1 unspecified atom stereocenters. The molecule has 0 aliphatic carbocycles. The van der Waals surface area contributed by atoms with Crippen molar-refractivity contribution in [1.82, 2.24) is 0 Å². The van der Waals surface area contributed by atoms with E-state index in [1.54, 1.807) is 12.1 Å². The molecule has 0 aliphatic heterocycles. The Morgan fingerprint density at radius 3 is 2.12 bits per heavy atom. The highest BCUT2D eigenvalue weighted by Crippen LogP contribution is 2.29. The molecular weight excluding hydrogens is 219 g/mol. The zero-order valence-corrected chi connectivity index (χ0v) is 10.7. The Hall–Kier alpha value is -1.09. The molecule has 0 saturated carbocycles. The zero-order chi connectivity index (χ0) is 12.9. The second kappa shape index (κ2) is 6.01. The second-order valence-corrected chi connectivity index (χ2v) is 4.25. The van der Waals surface area contributed by atoms with Crippen LogP contribution in [0.5, 0.6) is 5.75 Å². The predicted molar refractivity (Wildman–Crippen MR) is 66.6 cm³/mol. The van der Waals surface area contributed by atoms with E-state index in [1.165, 1.54) is 12.1 Å². The Bertz CT molecular complexity index is 331. The van der Waals surface area contributed by atoms with Crippen LogP contribution in [0.25, 0.3) is 0 Å². The fourth-order valence-electron chi connectivity index (χ4n) is 2.04. The Balaban J connectivity index is 2.89. The summed E-state index contributed by atoms with van der Waals surface area (Å²) < 4.78 is 18.7. The lowest BCUT2D eigenvalue weighted by molar-refractivity contribution is -0.0611. The van der Waals surface area contributed by atoms with Gasteiger partial charge in [-0.2, -0.15) is 0 Å². The van der Waals surface area contributed by atoms with E-state index >= 15 is 0 Å².